The summed E-state index contributed by atoms with van der Waals surface area (Å²) in [6.07, 6.45) is -0.367. The first-order valence-corrected chi connectivity index (χ1v) is 9.21. The van der Waals surface area contributed by atoms with Gasteiger partial charge in [0.15, 0.2) is 5.11 Å². The van der Waals surface area contributed by atoms with Gasteiger partial charge in [0.1, 0.15) is 17.2 Å². The lowest BCUT2D eigenvalue weighted by molar-refractivity contribution is -0.183. The molecule has 142 valence electrons. The molecule has 0 radical (unpaired) electrons. The van der Waals surface area contributed by atoms with Gasteiger partial charge in [-0.05, 0) is 50.0 Å². The number of amides is 1. The van der Waals surface area contributed by atoms with E-state index in [-0.39, 0.29) is 24.7 Å². The SMILES string of the molecule is CCCN1C(=O)C(=Cc2ccc(C3CCCC(C(F)(F)F)C3)o2)NC1=S. The quantitative estimate of drug-likeness (QED) is 0.608. The van der Waals surface area contributed by atoms with Gasteiger partial charge in [0, 0.05) is 18.5 Å². The Bertz CT molecular complexity index is 726. The second-order valence-electron chi connectivity index (χ2n) is 6.79. The molecule has 1 aliphatic heterocycles. The molecule has 0 aromatic carbocycles. The van der Waals surface area contributed by atoms with Crippen LogP contribution in [0.1, 0.15) is 56.5 Å². The number of hydrogen-bond donors (Lipinski definition) is 1. The molecule has 1 aliphatic carbocycles. The normalized spacial score (nSPS) is 25.8. The van der Waals surface area contributed by atoms with Crippen molar-refractivity contribution in [2.75, 3.05) is 6.54 Å². The third kappa shape index (κ3) is 3.95. The zero-order chi connectivity index (χ0) is 18.9. The van der Waals surface area contributed by atoms with Crippen molar-refractivity contribution < 1.29 is 22.4 Å². The standard InChI is InChI=1S/C18H21F3N2O2S/c1-2-8-23-16(24)14(22-17(23)26)10-13-6-7-15(25-13)11-4-3-5-12(9-11)18(19,20)21/h6-7,10-12H,2-5,8-9H2,1H3,(H,22,26). The molecule has 26 heavy (non-hydrogen) atoms. The van der Waals surface area contributed by atoms with Crippen LogP contribution < -0.4 is 5.32 Å². The molecule has 1 amide bonds. The van der Waals surface area contributed by atoms with Crippen LogP contribution in [0.25, 0.3) is 6.08 Å². The number of thiocarbonyl (C=S) groups is 1. The zero-order valence-electron chi connectivity index (χ0n) is 14.4. The Morgan fingerprint density at radius 1 is 1.38 bits per heavy atom. The number of furan rings is 1. The third-order valence-corrected chi connectivity index (χ3v) is 5.21. The van der Waals surface area contributed by atoms with E-state index in [4.69, 9.17) is 16.6 Å². The number of halogens is 3. The molecule has 2 fully saturated rings. The maximum atomic E-state index is 13.0. The minimum Gasteiger partial charge on any atom is -0.461 e. The number of nitrogens with one attached hydrogen (secondary N) is 1. The highest BCUT2D eigenvalue weighted by Crippen LogP contribution is 2.44. The molecule has 2 aliphatic rings. The third-order valence-electron chi connectivity index (χ3n) is 4.88. The monoisotopic (exact) mass is 386 g/mol. The van der Waals surface area contributed by atoms with Crippen LogP contribution in [-0.2, 0) is 4.79 Å². The van der Waals surface area contributed by atoms with Crippen molar-refractivity contribution in [1.82, 2.24) is 10.2 Å². The summed E-state index contributed by atoms with van der Waals surface area (Å²) in [6.45, 7) is 2.49. The molecule has 1 aromatic rings. The van der Waals surface area contributed by atoms with Gasteiger partial charge in [-0.15, -0.1) is 0 Å². The average molecular weight is 386 g/mol. The van der Waals surface area contributed by atoms with Gasteiger partial charge in [0.25, 0.3) is 5.91 Å². The van der Waals surface area contributed by atoms with Gasteiger partial charge >= 0.3 is 6.18 Å². The Morgan fingerprint density at radius 3 is 2.85 bits per heavy atom. The van der Waals surface area contributed by atoms with Gasteiger partial charge in [0.05, 0.1) is 5.92 Å². The Morgan fingerprint density at radius 2 is 2.15 bits per heavy atom. The van der Waals surface area contributed by atoms with E-state index >= 15 is 0 Å². The van der Waals surface area contributed by atoms with Crippen LogP contribution in [0.15, 0.2) is 22.2 Å². The molecule has 0 spiro atoms. The maximum absolute atomic E-state index is 13.0. The molecule has 1 aromatic heterocycles. The van der Waals surface area contributed by atoms with E-state index in [1.54, 1.807) is 18.2 Å². The van der Waals surface area contributed by atoms with Crippen molar-refractivity contribution in [1.29, 1.82) is 0 Å². The van der Waals surface area contributed by atoms with E-state index in [0.29, 0.717) is 41.7 Å². The van der Waals surface area contributed by atoms with E-state index in [1.807, 2.05) is 6.92 Å². The first-order chi connectivity index (χ1) is 12.3. The Kier molecular flexibility index (Phi) is 5.41. The molecule has 4 nitrogen and oxygen atoms in total. The Hall–Kier alpha value is -1.83. The Labute approximate surface area is 155 Å². The van der Waals surface area contributed by atoms with Crippen LogP contribution >= 0.6 is 12.2 Å². The van der Waals surface area contributed by atoms with Crippen LogP contribution in [0.3, 0.4) is 0 Å². The van der Waals surface area contributed by atoms with Crippen molar-refractivity contribution in [3.05, 3.63) is 29.4 Å². The van der Waals surface area contributed by atoms with Crippen molar-refractivity contribution in [3.63, 3.8) is 0 Å². The number of rotatable bonds is 4. The highest BCUT2D eigenvalue weighted by Gasteiger charge is 2.43. The van der Waals surface area contributed by atoms with Crippen LogP contribution in [0, 0.1) is 5.92 Å². The van der Waals surface area contributed by atoms with Crippen molar-refractivity contribution in [2.45, 2.75) is 51.1 Å². The second kappa shape index (κ2) is 7.42. The first-order valence-electron chi connectivity index (χ1n) is 8.80. The smallest absolute Gasteiger partial charge is 0.391 e. The minimum absolute atomic E-state index is 0.0541. The van der Waals surface area contributed by atoms with Crippen molar-refractivity contribution in [2.24, 2.45) is 5.92 Å². The molecule has 1 saturated heterocycles. The first kappa shape index (κ1) is 18.9. The second-order valence-corrected chi connectivity index (χ2v) is 7.17. The fourth-order valence-corrected chi connectivity index (χ4v) is 3.84. The predicted molar refractivity (Wildman–Crippen MR) is 95.2 cm³/mol. The molecule has 1 N–H and O–H groups in total. The molecule has 2 heterocycles. The summed E-state index contributed by atoms with van der Waals surface area (Å²) in [5, 5.41) is 3.22. The molecule has 2 unspecified atom stereocenters. The molecule has 8 heteroatoms. The summed E-state index contributed by atoms with van der Waals surface area (Å²) >= 11 is 5.15. The van der Waals surface area contributed by atoms with Gasteiger partial charge in [-0.1, -0.05) is 13.3 Å². The summed E-state index contributed by atoms with van der Waals surface area (Å²) in [7, 11) is 0. The lowest BCUT2D eigenvalue weighted by Crippen LogP contribution is -2.31. The highest BCUT2D eigenvalue weighted by atomic mass is 32.1. The van der Waals surface area contributed by atoms with E-state index in [9.17, 15) is 18.0 Å². The molecule has 0 bridgehead atoms. The molecule has 3 rings (SSSR count). The minimum atomic E-state index is -4.16. The van der Waals surface area contributed by atoms with Gasteiger partial charge < -0.3 is 9.73 Å². The number of carbonyl (C=O) groups excluding carboxylic acids is 1. The van der Waals surface area contributed by atoms with Crippen molar-refractivity contribution in [3.8, 4) is 0 Å². The van der Waals surface area contributed by atoms with E-state index < -0.39 is 12.1 Å². The summed E-state index contributed by atoms with van der Waals surface area (Å²) < 4.78 is 44.7. The van der Waals surface area contributed by atoms with Gasteiger partial charge in [-0.25, -0.2) is 0 Å². The summed E-state index contributed by atoms with van der Waals surface area (Å²) in [5.74, 6) is -0.751. The van der Waals surface area contributed by atoms with E-state index in [2.05, 4.69) is 5.32 Å². The molecule has 1 saturated carbocycles. The van der Waals surface area contributed by atoms with Crippen LogP contribution in [0.5, 0.6) is 0 Å². The van der Waals surface area contributed by atoms with Gasteiger partial charge in [-0.3, -0.25) is 9.69 Å². The number of carbonyl (C=O) groups is 1. The summed E-state index contributed by atoms with van der Waals surface area (Å²) in [4.78, 5) is 13.8. The lowest BCUT2D eigenvalue weighted by Gasteiger charge is -2.29. The summed E-state index contributed by atoms with van der Waals surface area (Å²) in [6, 6.07) is 3.39. The maximum Gasteiger partial charge on any atom is 0.391 e. The number of nitrogens with zero attached hydrogens (tertiary/aromatic N) is 1. The molecule has 2 atom stereocenters. The van der Waals surface area contributed by atoms with Crippen molar-refractivity contribution >= 4 is 29.3 Å². The van der Waals surface area contributed by atoms with Crippen LogP contribution in [0.2, 0.25) is 0 Å². The topological polar surface area (TPSA) is 45.5 Å². The number of alkyl halides is 3. The molecular weight excluding hydrogens is 365 g/mol. The van der Waals surface area contributed by atoms with Gasteiger partial charge in [0.2, 0.25) is 0 Å². The average Bonchev–Trinajstić information content (AvgIpc) is 3.15. The van der Waals surface area contributed by atoms with E-state index in [0.717, 1.165) is 6.42 Å². The fraction of sp³-hybridized carbons (Fsp3) is 0.556. The summed E-state index contributed by atoms with van der Waals surface area (Å²) in [5.41, 5.74) is 0.321. The largest absolute Gasteiger partial charge is 0.461 e. The Balaban J connectivity index is 1.72. The predicted octanol–water partition coefficient (Wildman–Crippen LogP) is 4.58. The molecular formula is C18H21F3N2O2S. The van der Waals surface area contributed by atoms with Crippen LogP contribution in [-0.4, -0.2) is 28.6 Å². The fourth-order valence-electron chi connectivity index (χ4n) is 3.55. The van der Waals surface area contributed by atoms with E-state index in [1.165, 1.54) is 4.90 Å². The van der Waals surface area contributed by atoms with Crippen LogP contribution in [0.4, 0.5) is 13.2 Å². The lowest BCUT2D eigenvalue weighted by atomic mass is 9.80. The highest BCUT2D eigenvalue weighted by molar-refractivity contribution is 7.80. The van der Waals surface area contributed by atoms with Gasteiger partial charge in [-0.2, -0.15) is 13.2 Å². The zero-order valence-corrected chi connectivity index (χ0v) is 15.3. The number of hydrogen-bond acceptors (Lipinski definition) is 3.